The molecule has 0 radical (unpaired) electrons. The molecule has 0 spiro atoms. The van der Waals surface area contributed by atoms with Crippen LogP contribution >= 0.6 is 0 Å². The molecule has 0 saturated carbocycles. The minimum absolute atomic E-state index is 0.167. The summed E-state index contributed by atoms with van der Waals surface area (Å²) in [7, 11) is 1.57. The Morgan fingerprint density at radius 1 is 1.42 bits per heavy atom. The molecule has 5 heteroatoms. The summed E-state index contributed by atoms with van der Waals surface area (Å²) in [6.45, 7) is 7.65. The molecule has 0 aliphatic heterocycles. The van der Waals surface area contributed by atoms with Crippen LogP contribution in [-0.4, -0.2) is 29.4 Å². The van der Waals surface area contributed by atoms with Gasteiger partial charge in [0.25, 0.3) is 5.56 Å². The van der Waals surface area contributed by atoms with E-state index in [1.807, 2.05) is 13.8 Å². The van der Waals surface area contributed by atoms with Gasteiger partial charge in [0.05, 0.1) is 18.2 Å². The van der Waals surface area contributed by atoms with E-state index in [0.29, 0.717) is 17.9 Å². The second kappa shape index (κ2) is 6.02. The van der Waals surface area contributed by atoms with Crippen LogP contribution in [0, 0.1) is 19.8 Å². The number of carbonyl (C=O) groups is 1. The molecule has 0 bridgehead atoms. The van der Waals surface area contributed by atoms with E-state index in [1.165, 1.54) is 10.6 Å². The van der Waals surface area contributed by atoms with Crippen molar-refractivity contribution in [3.05, 3.63) is 33.2 Å². The molecule has 1 aromatic heterocycles. The van der Waals surface area contributed by atoms with Crippen LogP contribution in [0.15, 0.2) is 10.9 Å². The van der Waals surface area contributed by atoms with Crippen molar-refractivity contribution in [2.45, 2.75) is 33.7 Å². The normalized spacial score (nSPS) is 12.7. The molecule has 0 aromatic carbocycles. The number of rotatable bonds is 5. The first-order valence-electron chi connectivity index (χ1n) is 6.26. The van der Waals surface area contributed by atoms with Crippen LogP contribution in [-0.2, 0) is 4.74 Å². The Morgan fingerprint density at radius 2 is 2.00 bits per heavy atom. The van der Waals surface area contributed by atoms with Crippen molar-refractivity contribution in [3.63, 3.8) is 0 Å². The largest absolute Gasteiger partial charge is 0.478 e. The topological polar surface area (TPSA) is 68.5 Å². The predicted molar refractivity (Wildman–Crippen MR) is 72.9 cm³/mol. The van der Waals surface area contributed by atoms with E-state index in [2.05, 4.69) is 0 Å². The second-order valence-electron chi connectivity index (χ2n) is 5.07. The number of methoxy groups -OCH3 is 1. The summed E-state index contributed by atoms with van der Waals surface area (Å²) in [6, 6.07) is 1.21. The van der Waals surface area contributed by atoms with Crippen LogP contribution in [0.4, 0.5) is 0 Å². The van der Waals surface area contributed by atoms with Crippen LogP contribution < -0.4 is 5.56 Å². The molecule has 0 aliphatic rings. The molecule has 0 fully saturated rings. The summed E-state index contributed by atoms with van der Waals surface area (Å²) < 4.78 is 6.69. The van der Waals surface area contributed by atoms with E-state index in [1.54, 1.807) is 21.0 Å². The van der Waals surface area contributed by atoms with E-state index >= 15 is 0 Å². The molecule has 1 N–H and O–H groups in total. The number of carboxylic acid groups (broad SMARTS) is 1. The minimum Gasteiger partial charge on any atom is -0.478 e. The predicted octanol–water partition coefficient (Wildman–Crippen LogP) is 2.01. The lowest BCUT2D eigenvalue weighted by atomic mass is 10.0. The van der Waals surface area contributed by atoms with Gasteiger partial charge in [-0.2, -0.15) is 0 Å². The number of hydrogen-bond acceptors (Lipinski definition) is 3. The zero-order chi connectivity index (χ0) is 14.7. The zero-order valence-electron chi connectivity index (χ0n) is 12.1. The highest BCUT2D eigenvalue weighted by atomic mass is 16.5. The van der Waals surface area contributed by atoms with Crippen LogP contribution in [0.2, 0.25) is 0 Å². The Morgan fingerprint density at radius 3 is 2.42 bits per heavy atom. The van der Waals surface area contributed by atoms with Gasteiger partial charge in [-0.05, 0) is 25.3 Å². The summed E-state index contributed by atoms with van der Waals surface area (Å²) >= 11 is 0. The SMILES string of the molecule is COCC(C(C)C)n1c(C)c(C(=O)O)c(C)cc1=O. The molecule has 19 heavy (non-hydrogen) atoms. The van der Waals surface area contributed by atoms with Crippen molar-refractivity contribution >= 4 is 5.97 Å². The Balaban J connectivity index is 3.54. The Labute approximate surface area is 112 Å². The lowest BCUT2D eigenvalue weighted by Gasteiger charge is -2.26. The van der Waals surface area contributed by atoms with Crippen molar-refractivity contribution in [2.75, 3.05) is 13.7 Å². The van der Waals surface area contributed by atoms with Gasteiger partial charge in [-0.3, -0.25) is 4.79 Å². The van der Waals surface area contributed by atoms with E-state index < -0.39 is 5.97 Å². The summed E-state index contributed by atoms with van der Waals surface area (Å²) in [6.07, 6.45) is 0. The number of aromatic nitrogens is 1. The van der Waals surface area contributed by atoms with Gasteiger partial charge in [-0.15, -0.1) is 0 Å². The van der Waals surface area contributed by atoms with Crippen LogP contribution in [0.1, 0.15) is 41.5 Å². The van der Waals surface area contributed by atoms with Crippen molar-refractivity contribution in [1.82, 2.24) is 4.57 Å². The maximum Gasteiger partial charge on any atom is 0.337 e. The van der Waals surface area contributed by atoms with Crippen molar-refractivity contribution in [3.8, 4) is 0 Å². The van der Waals surface area contributed by atoms with Gasteiger partial charge in [0.15, 0.2) is 0 Å². The lowest BCUT2D eigenvalue weighted by molar-refractivity contribution is 0.0692. The van der Waals surface area contributed by atoms with E-state index in [4.69, 9.17) is 4.74 Å². The molecule has 1 unspecified atom stereocenters. The van der Waals surface area contributed by atoms with Crippen LogP contribution in [0.25, 0.3) is 0 Å². The minimum atomic E-state index is -1.01. The summed E-state index contributed by atoms with van der Waals surface area (Å²) in [5.74, 6) is -0.843. The highest BCUT2D eigenvalue weighted by Gasteiger charge is 2.23. The van der Waals surface area contributed by atoms with E-state index in [9.17, 15) is 14.7 Å². The van der Waals surface area contributed by atoms with Crippen LogP contribution in [0.3, 0.4) is 0 Å². The first kappa shape index (κ1) is 15.4. The Hall–Kier alpha value is -1.62. The van der Waals surface area contributed by atoms with Gasteiger partial charge < -0.3 is 14.4 Å². The van der Waals surface area contributed by atoms with Crippen molar-refractivity contribution in [2.24, 2.45) is 5.92 Å². The van der Waals surface area contributed by atoms with Crippen LogP contribution in [0.5, 0.6) is 0 Å². The first-order chi connectivity index (χ1) is 8.81. The molecule has 1 rings (SSSR count). The Bertz CT molecular complexity index is 531. The molecule has 1 aromatic rings. The molecular formula is C14H21NO4. The fourth-order valence-electron chi connectivity index (χ4n) is 2.37. The highest BCUT2D eigenvalue weighted by Crippen LogP contribution is 2.21. The number of nitrogens with zero attached hydrogens (tertiary/aromatic N) is 1. The van der Waals surface area contributed by atoms with Gasteiger partial charge in [0, 0.05) is 18.9 Å². The summed E-state index contributed by atoms with van der Waals surface area (Å²) in [4.78, 5) is 23.5. The number of carboxylic acids is 1. The van der Waals surface area contributed by atoms with Crippen molar-refractivity contribution in [1.29, 1.82) is 0 Å². The molecule has 0 aliphatic carbocycles. The third-order valence-electron chi connectivity index (χ3n) is 3.35. The molecular weight excluding hydrogens is 246 g/mol. The number of pyridine rings is 1. The molecule has 0 saturated heterocycles. The fraction of sp³-hybridized carbons (Fsp3) is 0.571. The average molecular weight is 267 g/mol. The number of aromatic carboxylic acids is 1. The summed E-state index contributed by atoms with van der Waals surface area (Å²) in [5.41, 5.74) is 0.983. The van der Waals surface area contributed by atoms with E-state index in [-0.39, 0.29) is 23.1 Å². The Kier molecular flexibility index (Phi) is 4.89. The monoisotopic (exact) mass is 267 g/mol. The standard InChI is InChI=1S/C14H21NO4/c1-8(2)11(7-19-5)15-10(4)13(14(17)18)9(3)6-12(15)16/h6,8,11H,7H2,1-5H3,(H,17,18). The van der Waals surface area contributed by atoms with Crippen molar-refractivity contribution < 1.29 is 14.6 Å². The third kappa shape index (κ3) is 3.04. The number of hydrogen-bond donors (Lipinski definition) is 1. The first-order valence-corrected chi connectivity index (χ1v) is 6.26. The lowest BCUT2D eigenvalue weighted by Crippen LogP contribution is -2.33. The number of aryl methyl sites for hydroxylation is 1. The summed E-state index contributed by atoms with van der Waals surface area (Å²) in [5, 5.41) is 9.27. The highest BCUT2D eigenvalue weighted by molar-refractivity contribution is 5.90. The second-order valence-corrected chi connectivity index (χ2v) is 5.07. The molecule has 1 heterocycles. The van der Waals surface area contributed by atoms with E-state index in [0.717, 1.165) is 0 Å². The molecule has 106 valence electrons. The van der Waals surface area contributed by atoms with Gasteiger partial charge in [-0.1, -0.05) is 13.8 Å². The van der Waals surface area contributed by atoms with Gasteiger partial charge >= 0.3 is 5.97 Å². The maximum absolute atomic E-state index is 12.2. The smallest absolute Gasteiger partial charge is 0.337 e. The zero-order valence-corrected chi connectivity index (χ0v) is 12.1. The fourth-order valence-corrected chi connectivity index (χ4v) is 2.37. The molecule has 0 amide bonds. The van der Waals surface area contributed by atoms with Gasteiger partial charge in [-0.25, -0.2) is 4.79 Å². The van der Waals surface area contributed by atoms with Gasteiger partial charge in [0.1, 0.15) is 0 Å². The number of ether oxygens (including phenoxy) is 1. The molecule has 1 atom stereocenters. The average Bonchev–Trinajstić information content (AvgIpc) is 2.26. The third-order valence-corrected chi connectivity index (χ3v) is 3.35. The molecule has 5 nitrogen and oxygen atoms in total. The maximum atomic E-state index is 12.2. The van der Waals surface area contributed by atoms with Gasteiger partial charge in [0.2, 0.25) is 0 Å². The quantitative estimate of drug-likeness (QED) is 0.886.